The molecular weight excluding hydrogens is 238 g/mol. The van der Waals surface area contributed by atoms with Gasteiger partial charge in [-0.15, -0.1) is 0 Å². The van der Waals surface area contributed by atoms with Crippen LogP contribution < -0.4 is 11.5 Å². The van der Waals surface area contributed by atoms with E-state index in [9.17, 15) is 9.59 Å². The Hall–Kier alpha value is -0.750. The van der Waals surface area contributed by atoms with Crippen LogP contribution in [0.1, 0.15) is 19.3 Å². The first-order chi connectivity index (χ1) is 8.15. The highest BCUT2D eigenvalue weighted by atomic mass is 32.2. The van der Waals surface area contributed by atoms with Gasteiger partial charge in [0.05, 0.1) is 11.7 Å². The number of hydrogen-bond donors (Lipinski definition) is 2. The molecule has 1 aliphatic rings. The average Bonchev–Trinajstić information content (AvgIpc) is 2.34. The van der Waals surface area contributed by atoms with Crippen molar-refractivity contribution in [1.82, 2.24) is 4.90 Å². The second-order valence-electron chi connectivity index (χ2n) is 4.28. The Balaban J connectivity index is 2.28. The van der Waals surface area contributed by atoms with Crippen LogP contribution in [0.3, 0.4) is 0 Å². The molecule has 1 rings (SSSR count). The number of amides is 2. The number of likely N-dealkylation sites (tertiary alicyclic amines) is 1. The van der Waals surface area contributed by atoms with E-state index in [0.717, 1.165) is 31.6 Å². The Morgan fingerprint density at radius 1 is 1.41 bits per heavy atom. The summed E-state index contributed by atoms with van der Waals surface area (Å²) in [6.45, 7) is 1.90. The van der Waals surface area contributed by atoms with Crippen molar-refractivity contribution in [2.24, 2.45) is 17.4 Å². The summed E-state index contributed by atoms with van der Waals surface area (Å²) in [6.07, 6.45) is 2.61. The van der Waals surface area contributed by atoms with E-state index in [2.05, 4.69) is 0 Å². The summed E-state index contributed by atoms with van der Waals surface area (Å²) >= 11 is 1.60. The third-order valence-electron chi connectivity index (χ3n) is 2.89. The van der Waals surface area contributed by atoms with Crippen LogP contribution in [0.5, 0.6) is 0 Å². The van der Waals surface area contributed by atoms with Gasteiger partial charge in [-0.3, -0.25) is 9.59 Å². The number of carbonyl (C=O) groups is 2. The summed E-state index contributed by atoms with van der Waals surface area (Å²) in [4.78, 5) is 24.7. The molecule has 98 valence electrons. The van der Waals surface area contributed by atoms with Crippen LogP contribution >= 0.6 is 11.8 Å². The molecule has 1 heterocycles. The number of thioether (sulfide) groups is 1. The summed E-state index contributed by atoms with van der Waals surface area (Å²) in [5.41, 5.74) is 10.7. The molecule has 6 heteroatoms. The van der Waals surface area contributed by atoms with Gasteiger partial charge in [0, 0.05) is 13.1 Å². The maximum atomic E-state index is 11.9. The standard InChI is InChI=1S/C11H21N3O2S/c12-4-2-6-17-8-10(15)14-5-1-3-9(7-14)11(13)16/h9H,1-8,12H2,(H2,13,16). The molecule has 0 aliphatic carbocycles. The Labute approximate surface area is 106 Å². The van der Waals surface area contributed by atoms with E-state index in [-0.39, 0.29) is 17.7 Å². The molecule has 0 aromatic carbocycles. The van der Waals surface area contributed by atoms with E-state index in [4.69, 9.17) is 11.5 Å². The molecule has 0 aromatic rings. The van der Waals surface area contributed by atoms with Crippen LogP contribution in [0.2, 0.25) is 0 Å². The highest BCUT2D eigenvalue weighted by Gasteiger charge is 2.26. The molecular formula is C11H21N3O2S. The van der Waals surface area contributed by atoms with Crippen molar-refractivity contribution in [2.75, 3.05) is 31.1 Å². The predicted octanol–water partition coefficient (Wildman–Crippen LogP) is -0.208. The molecule has 1 unspecified atom stereocenters. The molecule has 2 amide bonds. The Bertz CT molecular complexity index is 273. The summed E-state index contributed by atoms with van der Waals surface area (Å²) in [6, 6.07) is 0. The predicted molar refractivity (Wildman–Crippen MR) is 69.5 cm³/mol. The molecule has 1 saturated heterocycles. The van der Waals surface area contributed by atoms with E-state index in [1.807, 2.05) is 0 Å². The molecule has 0 bridgehead atoms. The van der Waals surface area contributed by atoms with Crippen LogP contribution in [0.25, 0.3) is 0 Å². The van der Waals surface area contributed by atoms with E-state index >= 15 is 0 Å². The SMILES string of the molecule is NCCCSCC(=O)N1CCCC(C(N)=O)C1. The second-order valence-corrected chi connectivity index (χ2v) is 5.38. The lowest BCUT2D eigenvalue weighted by Gasteiger charge is -2.31. The van der Waals surface area contributed by atoms with Gasteiger partial charge in [-0.05, 0) is 31.6 Å². The van der Waals surface area contributed by atoms with Gasteiger partial charge in [0.25, 0.3) is 0 Å². The number of rotatable bonds is 6. The van der Waals surface area contributed by atoms with Gasteiger partial charge in [0.15, 0.2) is 0 Å². The largest absolute Gasteiger partial charge is 0.369 e. The normalized spacial score (nSPS) is 20.3. The average molecular weight is 259 g/mol. The fourth-order valence-corrected chi connectivity index (χ4v) is 2.74. The lowest BCUT2D eigenvalue weighted by atomic mass is 9.97. The van der Waals surface area contributed by atoms with E-state index in [0.29, 0.717) is 18.8 Å². The number of carbonyl (C=O) groups excluding carboxylic acids is 2. The highest BCUT2D eigenvalue weighted by Crippen LogP contribution is 2.17. The number of primary amides is 1. The first-order valence-corrected chi connectivity index (χ1v) is 7.15. The minimum atomic E-state index is -0.293. The summed E-state index contributed by atoms with van der Waals surface area (Å²) in [5.74, 6) is 1.04. The number of piperidine rings is 1. The Kier molecular flexibility index (Phi) is 6.36. The van der Waals surface area contributed by atoms with Crippen LogP contribution in [-0.2, 0) is 9.59 Å². The van der Waals surface area contributed by atoms with E-state index in [1.54, 1.807) is 16.7 Å². The van der Waals surface area contributed by atoms with Gasteiger partial charge in [0.2, 0.25) is 11.8 Å². The minimum Gasteiger partial charge on any atom is -0.369 e. The second kappa shape index (κ2) is 7.55. The maximum Gasteiger partial charge on any atom is 0.232 e. The molecule has 0 saturated carbocycles. The number of nitrogens with two attached hydrogens (primary N) is 2. The zero-order valence-electron chi connectivity index (χ0n) is 10.1. The van der Waals surface area contributed by atoms with Gasteiger partial charge >= 0.3 is 0 Å². The third-order valence-corrected chi connectivity index (χ3v) is 3.92. The number of nitrogens with zero attached hydrogens (tertiary/aromatic N) is 1. The molecule has 0 radical (unpaired) electrons. The first kappa shape index (κ1) is 14.3. The van der Waals surface area contributed by atoms with Gasteiger partial charge in [0.1, 0.15) is 0 Å². The first-order valence-electron chi connectivity index (χ1n) is 6.00. The van der Waals surface area contributed by atoms with Crippen molar-refractivity contribution in [3.05, 3.63) is 0 Å². The molecule has 0 aromatic heterocycles. The van der Waals surface area contributed by atoms with Crippen molar-refractivity contribution in [1.29, 1.82) is 0 Å². The third kappa shape index (κ3) is 4.95. The van der Waals surface area contributed by atoms with E-state index < -0.39 is 0 Å². The van der Waals surface area contributed by atoms with Crippen LogP contribution in [-0.4, -0.2) is 47.9 Å². The zero-order valence-corrected chi connectivity index (χ0v) is 10.9. The lowest BCUT2D eigenvalue weighted by Crippen LogP contribution is -2.44. The van der Waals surface area contributed by atoms with Gasteiger partial charge in [-0.2, -0.15) is 11.8 Å². The molecule has 1 atom stereocenters. The highest BCUT2D eigenvalue weighted by molar-refractivity contribution is 7.99. The smallest absolute Gasteiger partial charge is 0.232 e. The minimum absolute atomic E-state index is 0.109. The lowest BCUT2D eigenvalue weighted by molar-refractivity contribution is -0.132. The Morgan fingerprint density at radius 2 is 2.18 bits per heavy atom. The molecule has 5 nitrogen and oxygen atoms in total. The fraction of sp³-hybridized carbons (Fsp3) is 0.818. The Morgan fingerprint density at radius 3 is 2.82 bits per heavy atom. The molecule has 1 fully saturated rings. The van der Waals surface area contributed by atoms with Gasteiger partial charge < -0.3 is 16.4 Å². The molecule has 1 aliphatic heterocycles. The van der Waals surface area contributed by atoms with Gasteiger partial charge in [-0.1, -0.05) is 0 Å². The summed E-state index contributed by atoms with van der Waals surface area (Å²) < 4.78 is 0. The van der Waals surface area contributed by atoms with Crippen molar-refractivity contribution in [2.45, 2.75) is 19.3 Å². The summed E-state index contributed by atoms with van der Waals surface area (Å²) in [7, 11) is 0. The fourth-order valence-electron chi connectivity index (χ4n) is 1.87. The van der Waals surface area contributed by atoms with Crippen LogP contribution in [0, 0.1) is 5.92 Å². The number of hydrogen-bond acceptors (Lipinski definition) is 4. The van der Waals surface area contributed by atoms with Crippen molar-refractivity contribution in [3.8, 4) is 0 Å². The zero-order chi connectivity index (χ0) is 12.7. The maximum absolute atomic E-state index is 11.9. The summed E-state index contributed by atoms with van der Waals surface area (Å²) in [5, 5.41) is 0. The topological polar surface area (TPSA) is 89.4 Å². The quantitative estimate of drug-likeness (QED) is 0.646. The van der Waals surface area contributed by atoms with Crippen molar-refractivity contribution < 1.29 is 9.59 Å². The monoisotopic (exact) mass is 259 g/mol. The molecule has 4 N–H and O–H groups in total. The van der Waals surface area contributed by atoms with Crippen molar-refractivity contribution in [3.63, 3.8) is 0 Å². The van der Waals surface area contributed by atoms with E-state index in [1.165, 1.54) is 0 Å². The van der Waals surface area contributed by atoms with Crippen LogP contribution in [0.4, 0.5) is 0 Å². The molecule has 0 spiro atoms. The van der Waals surface area contributed by atoms with Crippen molar-refractivity contribution >= 4 is 23.6 Å². The van der Waals surface area contributed by atoms with Crippen LogP contribution in [0.15, 0.2) is 0 Å². The van der Waals surface area contributed by atoms with Gasteiger partial charge in [-0.25, -0.2) is 0 Å². The molecule has 17 heavy (non-hydrogen) atoms.